The van der Waals surface area contributed by atoms with Crippen molar-refractivity contribution in [1.29, 1.82) is 0 Å². The zero-order valence-electron chi connectivity index (χ0n) is 9.53. The first-order valence-corrected chi connectivity index (χ1v) is 6.33. The summed E-state index contributed by atoms with van der Waals surface area (Å²) < 4.78 is 5.74. The van der Waals surface area contributed by atoms with Crippen LogP contribution >= 0.6 is 0 Å². The summed E-state index contributed by atoms with van der Waals surface area (Å²) in [6.45, 7) is 4.78. The van der Waals surface area contributed by atoms with Crippen LogP contribution in [-0.4, -0.2) is 49.0 Å². The van der Waals surface area contributed by atoms with Gasteiger partial charge in [0.2, 0.25) is 0 Å². The van der Waals surface area contributed by atoms with Crippen LogP contribution in [-0.2, 0) is 4.74 Å². The molecule has 15 heavy (non-hydrogen) atoms. The highest BCUT2D eigenvalue weighted by Crippen LogP contribution is 2.21. The molecule has 2 fully saturated rings. The maximum Gasteiger partial charge on any atom is 0.0702 e. The molecule has 2 saturated heterocycles. The van der Waals surface area contributed by atoms with Gasteiger partial charge >= 0.3 is 0 Å². The fraction of sp³-hybridized carbons (Fsp3) is 1.00. The monoisotopic (exact) mass is 213 g/mol. The van der Waals surface area contributed by atoms with Crippen molar-refractivity contribution in [3.05, 3.63) is 0 Å². The molecule has 2 atom stereocenters. The van der Waals surface area contributed by atoms with Crippen molar-refractivity contribution >= 4 is 0 Å². The van der Waals surface area contributed by atoms with Gasteiger partial charge in [0, 0.05) is 26.3 Å². The van der Waals surface area contributed by atoms with Crippen LogP contribution in [0.25, 0.3) is 0 Å². The molecule has 0 aromatic rings. The lowest BCUT2D eigenvalue weighted by atomic mass is 10.1. The average Bonchev–Trinajstić information content (AvgIpc) is 2.68. The molecular weight excluding hydrogens is 190 g/mol. The van der Waals surface area contributed by atoms with E-state index in [1.165, 1.54) is 38.8 Å². The zero-order chi connectivity index (χ0) is 10.5. The Morgan fingerprint density at radius 2 is 2.20 bits per heavy atom. The zero-order valence-corrected chi connectivity index (χ0v) is 9.53. The summed E-state index contributed by atoms with van der Waals surface area (Å²) in [5.41, 5.74) is 0. The summed E-state index contributed by atoms with van der Waals surface area (Å²) in [4.78, 5) is 2.51. The Labute approximate surface area is 92.4 Å². The molecule has 2 rings (SSSR count). The van der Waals surface area contributed by atoms with Crippen LogP contribution in [0.15, 0.2) is 0 Å². The van der Waals surface area contributed by atoms with Crippen LogP contribution in [0.4, 0.5) is 0 Å². The van der Waals surface area contributed by atoms with Gasteiger partial charge in [-0.25, -0.2) is 0 Å². The Bertz CT molecular complexity index is 180. The van der Waals surface area contributed by atoms with Gasteiger partial charge in [-0.05, 0) is 44.6 Å². The molecule has 0 bridgehead atoms. The van der Waals surface area contributed by atoms with Gasteiger partial charge in [-0.2, -0.15) is 0 Å². The first-order chi connectivity index (χ1) is 7.38. The van der Waals surface area contributed by atoms with Crippen molar-refractivity contribution in [2.75, 3.05) is 32.8 Å². The molecule has 88 valence electrons. The largest absolute Gasteiger partial charge is 0.396 e. The molecule has 0 spiro atoms. The number of aliphatic hydroxyl groups is 1. The summed E-state index contributed by atoms with van der Waals surface area (Å²) in [5, 5.41) is 8.89. The molecule has 0 aromatic carbocycles. The molecule has 2 aliphatic heterocycles. The van der Waals surface area contributed by atoms with Gasteiger partial charge < -0.3 is 14.7 Å². The molecule has 3 heteroatoms. The van der Waals surface area contributed by atoms with Gasteiger partial charge in [0.25, 0.3) is 0 Å². The molecule has 0 aliphatic carbocycles. The topological polar surface area (TPSA) is 32.7 Å². The molecule has 0 amide bonds. The van der Waals surface area contributed by atoms with Gasteiger partial charge in [0.1, 0.15) is 0 Å². The molecule has 3 nitrogen and oxygen atoms in total. The van der Waals surface area contributed by atoms with E-state index < -0.39 is 0 Å². The van der Waals surface area contributed by atoms with Crippen molar-refractivity contribution in [3.63, 3.8) is 0 Å². The second kappa shape index (κ2) is 5.83. The van der Waals surface area contributed by atoms with Crippen molar-refractivity contribution in [3.8, 4) is 0 Å². The second-order valence-electron chi connectivity index (χ2n) is 4.92. The van der Waals surface area contributed by atoms with Crippen LogP contribution in [0.1, 0.15) is 32.1 Å². The molecule has 2 unspecified atom stereocenters. The van der Waals surface area contributed by atoms with Gasteiger partial charge in [0.05, 0.1) is 6.10 Å². The summed E-state index contributed by atoms with van der Waals surface area (Å²) in [7, 11) is 0. The number of rotatable bonds is 4. The van der Waals surface area contributed by atoms with Crippen molar-refractivity contribution in [2.24, 2.45) is 5.92 Å². The SMILES string of the molecule is OCCC1CCN(CC2CCCCO2)C1. The standard InChI is InChI=1S/C12H23NO2/c14-7-5-11-4-6-13(9-11)10-12-3-1-2-8-15-12/h11-12,14H,1-10H2. The number of nitrogens with zero attached hydrogens (tertiary/aromatic N) is 1. The Kier molecular flexibility index (Phi) is 4.42. The van der Waals surface area contributed by atoms with E-state index in [1.807, 2.05) is 0 Å². The first-order valence-electron chi connectivity index (χ1n) is 6.33. The van der Waals surface area contributed by atoms with Crippen LogP contribution in [0.2, 0.25) is 0 Å². The minimum absolute atomic E-state index is 0.346. The lowest BCUT2D eigenvalue weighted by molar-refractivity contribution is -0.00248. The maximum absolute atomic E-state index is 8.89. The number of hydrogen-bond acceptors (Lipinski definition) is 3. The van der Waals surface area contributed by atoms with Gasteiger partial charge in [-0.1, -0.05) is 0 Å². The van der Waals surface area contributed by atoms with Crippen molar-refractivity contribution in [2.45, 2.75) is 38.2 Å². The summed E-state index contributed by atoms with van der Waals surface area (Å²) >= 11 is 0. The lowest BCUT2D eigenvalue weighted by Gasteiger charge is -2.27. The first kappa shape index (κ1) is 11.4. The lowest BCUT2D eigenvalue weighted by Crippen LogP contribution is -2.34. The van der Waals surface area contributed by atoms with E-state index in [4.69, 9.17) is 9.84 Å². The number of ether oxygens (including phenoxy) is 1. The number of hydrogen-bond donors (Lipinski definition) is 1. The van der Waals surface area contributed by atoms with Crippen molar-refractivity contribution in [1.82, 2.24) is 4.90 Å². The molecular formula is C12H23NO2. The van der Waals surface area contributed by atoms with E-state index in [9.17, 15) is 0 Å². The third-order valence-electron chi connectivity index (χ3n) is 3.64. The van der Waals surface area contributed by atoms with Crippen LogP contribution < -0.4 is 0 Å². The smallest absolute Gasteiger partial charge is 0.0702 e. The minimum atomic E-state index is 0.346. The maximum atomic E-state index is 8.89. The molecule has 1 N–H and O–H groups in total. The highest BCUT2D eigenvalue weighted by molar-refractivity contribution is 4.78. The predicted octanol–water partition coefficient (Wildman–Crippen LogP) is 1.26. The molecule has 2 aliphatic rings. The Hall–Kier alpha value is -0.120. The van der Waals surface area contributed by atoms with Gasteiger partial charge in [0.15, 0.2) is 0 Å². The number of aliphatic hydroxyl groups excluding tert-OH is 1. The fourth-order valence-corrected chi connectivity index (χ4v) is 2.74. The Morgan fingerprint density at radius 1 is 1.27 bits per heavy atom. The van der Waals surface area contributed by atoms with E-state index in [2.05, 4.69) is 4.90 Å². The highest BCUT2D eigenvalue weighted by atomic mass is 16.5. The second-order valence-corrected chi connectivity index (χ2v) is 4.92. The van der Waals surface area contributed by atoms with Gasteiger partial charge in [-0.15, -0.1) is 0 Å². The van der Waals surface area contributed by atoms with E-state index >= 15 is 0 Å². The minimum Gasteiger partial charge on any atom is -0.396 e. The van der Waals surface area contributed by atoms with Crippen molar-refractivity contribution < 1.29 is 9.84 Å². The molecule has 0 radical (unpaired) electrons. The van der Waals surface area contributed by atoms with Gasteiger partial charge in [-0.3, -0.25) is 0 Å². The Morgan fingerprint density at radius 3 is 2.93 bits per heavy atom. The predicted molar refractivity (Wildman–Crippen MR) is 59.8 cm³/mol. The average molecular weight is 213 g/mol. The summed E-state index contributed by atoms with van der Waals surface area (Å²) in [5.74, 6) is 0.721. The molecule has 0 aromatic heterocycles. The normalized spacial score (nSPS) is 33.4. The molecule has 2 heterocycles. The van der Waals surface area contributed by atoms with E-state index in [-0.39, 0.29) is 0 Å². The number of likely N-dealkylation sites (tertiary alicyclic amines) is 1. The van der Waals surface area contributed by atoms with E-state index in [0.29, 0.717) is 12.7 Å². The third-order valence-corrected chi connectivity index (χ3v) is 3.64. The van der Waals surface area contributed by atoms with Crippen LogP contribution in [0, 0.1) is 5.92 Å². The van der Waals surface area contributed by atoms with Crippen LogP contribution in [0.3, 0.4) is 0 Å². The quantitative estimate of drug-likeness (QED) is 0.763. The fourth-order valence-electron chi connectivity index (χ4n) is 2.74. The van der Waals surface area contributed by atoms with E-state index in [1.54, 1.807) is 0 Å². The highest BCUT2D eigenvalue weighted by Gasteiger charge is 2.25. The summed E-state index contributed by atoms with van der Waals surface area (Å²) in [6, 6.07) is 0. The summed E-state index contributed by atoms with van der Waals surface area (Å²) in [6.07, 6.45) is 6.52. The van der Waals surface area contributed by atoms with Crippen LogP contribution in [0.5, 0.6) is 0 Å². The Balaban J connectivity index is 1.67. The third kappa shape index (κ3) is 3.44. The molecule has 0 saturated carbocycles. The van der Waals surface area contributed by atoms with E-state index in [0.717, 1.165) is 25.5 Å².